The highest BCUT2D eigenvalue weighted by Crippen LogP contribution is 2.81. The van der Waals surface area contributed by atoms with E-state index in [1.54, 1.807) is 6.07 Å². The van der Waals surface area contributed by atoms with Crippen molar-refractivity contribution >= 4 is 11.0 Å². The van der Waals surface area contributed by atoms with Crippen molar-refractivity contribution in [2.75, 3.05) is 0 Å². The van der Waals surface area contributed by atoms with Crippen LogP contribution >= 0.6 is 0 Å². The molecular formula is C27H32O4. The van der Waals surface area contributed by atoms with Gasteiger partial charge < -0.3 is 14.3 Å². The standard InChI is InChI=1S/C27H32O4/c1-16-4-9-21-25(2,3)22(28)10-7-18-12-13-26(18,21)27(16)15-23(27)30-19-8-5-17-6-11-24(29)31-20(17)14-19/h5-6,8,11,14,18,21-23,28H,1,4,7,9-10,12-13,15H2,2-3H3. The van der Waals surface area contributed by atoms with Gasteiger partial charge in [-0.2, -0.15) is 0 Å². The number of benzene rings is 1. The minimum absolute atomic E-state index is 0.0205. The van der Waals surface area contributed by atoms with Gasteiger partial charge in [-0.3, -0.25) is 0 Å². The predicted molar refractivity (Wildman–Crippen MR) is 120 cm³/mol. The van der Waals surface area contributed by atoms with E-state index in [2.05, 4.69) is 20.4 Å². The van der Waals surface area contributed by atoms with Gasteiger partial charge in [-0.25, -0.2) is 4.79 Å². The van der Waals surface area contributed by atoms with Crippen LogP contribution in [0.25, 0.3) is 11.0 Å². The average Bonchev–Trinajstić information content (AvgIpc) is 3.42. The molecule has 0 saturated heterocycles. The first kappa shape index (κ1) is 19.6. The zero-order valence-electron chi connectivity index (χ0n) is 18.5. The van der Waals surface area contributed by atoms with Crippen LogP contribution in [0.1, 0.15) is 58.8 Å². The van der Waals surface area contributed by atoms with E-state index < -0.39 is 0 Å². The second-order valence-electron chi connectivity index (χ2n) is 11.1. The van der Waals surface area contributed by atoms with Crippen molar-refractivity contribution in [2.45, 2.75) is 71.0 Å². The summed E-state index contributed by atoms with van der Waals surface area (Å²) in [7, 11) is 0. The summed E-state index contributed by atoms with van der Waals surface area (Å²) in [6, 6.07) is 9.02. The second kappa shape index (κ2) is 6.25. The summed E-state index contributed by atoms with van der Waals surface area (Å²) in [6.07, 6.45) is 7.58. The molecule has 1 N–H and O–H groups in total. The van der Waals surface area contributed by atoms with Gasteiger partial charge in [0.15, 0.2) is 0 Å². The third-order valence-corrected chi connectivity index (χ3v) is 9.77. The number of ether oxygens (including phenoxy) is 1. The van der Waals surface area contributed by atoms with E-state index in [1.165, 1.54) is 24.5 Å². The molecule has 6 unspecified atom stereocenters. The third kappa shape index (κ3) is 2.43. The molecule has 4 fully saturated rings. The van der Waals surface area contributed by atoms with E-state index in [0.29, 0.717) is 17.4 Å². The van der Waals surface area contributed by atoms with Crippen molar-refractivity contribution in [3.63, 3.8) is 0 Å². The van der Waals surface area contributed by atoms with Crippen LogP contribution in [0.5, 0.6) is 5.75 Å². The Morgan fingerprint density at radius 2 is 1.94 bits per heavy atom. The molecule has 0 bridgehead atoms. The largest absolute Gasteiger partial charge is 0.489 e. The van der Waals surface area contributed by atoms with Gasteiger partial charge in [0.1, 0.15) is 17.4 Å². The quantitative estimate of drug-likeness (QED) is 0.517. The normalized spacial score (nSPS) is 40.5. The van der Waals surface area contributed by atoms with E-state index >= 15 is 0 Å². The fraction of sp³-hybridized carbons (Fsp3) is 0.593. The van der Waals surface area contributed by atoms with Gasteiger partial charge in [-0.15, -0.1) is 0 Å². The zero-order valence-corrected chi connectivity index (χ0v) is 18.5. The summed E-state index contributed by atoms with van der Waals surface area (Å²) in [5, 5.41) is 11.9. The molecule has 0 amide bonds. The summed E-state index contributed by atoms with van der Waals surface area (Å²) in [4.78, 5) is 11.6. The molecule has 2 spiro atoms. The first-order valence-electron chi connectivity index (χ1n) is 11.9. The fourth-order valence-electron chi connectivity index (χ4n) is 8.06. The Morgan fingerprint density at radius 3 is 2.71 bits per heavy atom. The molecule has 1 aromatic heterocycles. The third-order valence-electron chi connectivity index (χ3n) is 9.77. The monoisotopic (exact) mass is 420 g/mol. The highest BCUT2D eigenvalue weighted by atomic mass is 16.5. The number of fused-ring (bicyclic) bond motifs is 1. The summed E-state index contributed by atoms with van der Waals surface area (Å²) in [6.45, 7) is 9.16. The van der Waals surface area contributed by atoms with Crippen molar-refractivity contribution in [1.82, 2.24) is 0 Å². The first-order chi connectivity index (χ1) is 14.8. The molecule has 0 aliphatic heterocycles. The van der Waals surface area contributed by atoms with Crippen LogP contribution in [0.3, 0.4) is 0 Å². The molecule has 1 heterocycles. The van der Waals surface area contributed by atoms with Crippen molar-refractivity contribution in [3.8, 4) is 5.75 Å². The number of hydrogen-bond donors (Lipinski definition) is 1. The average molecular weight is 421 g/mol. The molecule has 164 valence electrons. The molecule has 0 radical (unpaired) electrons. The SMILES string of the molecule is C=C1CCC2C(C)(C)C(O)CCC3CCC32C12CC2Oc1ccc2ccc(=O)oc2c1. The van der Waals surface area contributed by atoms with Gasteiger partial charge in [0, 0.05) is 22.9 Å². The summed E-state index contributed by atoms with van der Waals surface area (Å²) < 4.78 is 12.0. The fourth-order valence-corrected chi connectivity index (χ4v) is 8.06. The molecule has 4 aliphatic rings. The topological polar surface area (TPSA) is 59.7 Å². The second-order valence-corrected chi connectivity index (χ2v) is 11.1. The van der Waals surface area contributed by atoms with E-state index in [9.17, 15) is 9.90 Å². The lowest BCUT2D eigenvalue weighted by Crippen LogP contribution is -2.60. The van der Waals surface area contributed by atoms with E-state index in [-0.39, 0.29) is 34.1 Å². The van der Waals surface area contributed by atoms with Gasteiger partial charge in [0.2, 0.25) is 0 Å². The first-order valence-corrected chi connectivity index (χ1v) is 11.9. The Labute approximate surface area is 183 Å². The van der Waals surface area contributed by atoms with E-state index in [0.717, 1.165) is 43.2 Å². The number of hydrogen-bond acceptors (Lipinski definition) is 4. The maximum absolute atomic E-state index is 11.6. The highest BCUT2D eigenvalue weighted by molar-refractivity contribution is 5.77. The van der Waals surface area contributed by atoms with Crippen LogP contribution in [0.15, 0.2) is 51.7 Å². The van der Waals surface area contributed by atoms with Crippen molar-refractivity contribution in [1.29, 1.82) is 0 Å². The molecule has 4 nitrogen and oxygen atoms in total. The van der Waals surface area contributed by atoms with Crippen LogP contribution in [-0.2, 0) is 0 Å². The predicted octanol–water partition coefficient (Wildman–Crippen LogP) is 5.47. The molecule has 6 rings (SSSR count). The highest BCUT2D eigenvalue weighted by Gasteiger charge is 2.78. The molecule has 2 aromatic rings. The number of aliphatic hydroxyl groups is 1. The van der Waals surface area contributed by atoms with Crippen LogP contribution in [-0.4, -0.2) is 17.3 Å². The summed E-state index contributed by atoms with van der Waals surface area (Å²) in [5.74, 6) is 1.93. The molecule has 4 aliphatic carbocycles. The van der Waals surface area contributed by atoms with Crippen molar-refractivity contribution in [2.24, 2.45) is 28.1 Å². The van der Waals surface area contributed by atoms with Gasteiger partial charge in [0.25, 0.3) is 0 Å². The minimum atomic E-state index is -0.341. The molecule has 4 saturated carbocycles. The van der Waals surface area contributed by atoms with Crippen molar-refractivity contribution < 1.29 is 14.3 Å². The van der Waals surface area contributed by atoms with Crippen LogP contribution in [0.2, 0.25) is 0 Å². The van der Waals surface area contributed by atoms with E-state index in [1.807, 2.05) is 18.2 Å². The lowest BCUT2D eigenvalue weighted by atomic mass is 9.39. The van der Waals surface area contributed by atoms with E-state index in [4.69, 9.17) is 9.15 Å². The number of rotatable bonds is 2. The summed E-state index contributed by atoms with van der Waals surface area (Å²) >= 11 is 0. The number of aliphatic hydroxyl groups excluding tert-OH is 1. The minimum Gasteiger partial charge on any atom is -0.489 e. The van der Waals surface area contributed by atoms with Gasteiger partial charge in [0.05, 0.1) is 6.10 Å². The maximum Gasteiger partial charge on any atom is 0.336 e. The van der Waals surface area contributed by atoms with Gasteiger partial charge >= 0.3 is 5.63 Å². The zero-order chi connectivity index (χ0) is 21.6. The molecule has 1 aromatic carbocycles. The Hall–Kier alpha value is -2.07. The van der Waals surface area contributed by atoms with Crippen LogP contribution in [0.4, 0.5) is 0 Å². The molecule has 6 atom stereocenters. The Kier molecular flexibility index (Phi) is 3.95. The van der Waals surface area contributed by atoms with Gasteiger partial charge in [-0.1, -0.05) is 26.0 Å². The Balaban J connectivity index is 1.37. The lowest BCUT2D eigenvalue weighted by molar-refractivity contribution is -0.155. The van der Waals surface area contributed by atoms with Crippen LogP contribution < -0.4 is 10.4 Å². The Bertz CT molecular complexity index is 1130. The molecular weight excluding hydrogens is 388 g/mol. The maximum atomic E-state index is 11.6. The Morgan fingerprint density at radius 1 is 1.13 bits per heavy atom. The van der Waals surface area contributed by atoms with Crippen LogP contribution in [0, 0.1) is 28.1 Å². The van der Waals surface area contributed by atoms with Gasteiger partial charge in [-0.05, 0) is 85.8 Å². The lowest BCUT2D eigenvalue weighted by Gasteiger charge is -2.64. The smallest absolute Gasteiger partial charge is 0.336 e. The molecule has 31 heavy (non-hydrogen) atoms. The molecule has 4 heteroatoms. The van der Waals surface area contributed by atoms with Crippen molar-refractivity contribution in [3.05, 3.63) is 52.9 Å². The summed E-state index contributed by atoms with van der Waals surface area (Å²) in [5.41, 5.74) is 1.73.